The van der Waals surface area contributed by atoms with E-state index in [1.54, 1.807) is 4.31 Å². The van der Waals surface area contributed by atoms with Gasteiger partial charge in [0.05, 0.1) is 5.75 Å². The van der Waals surface area contributed by atoms with E-state index in [1.165, 1.54) is 0 Å². The predicted octanol–water partition coefficient (Wildman–Crippen LogP) is 1.30. The third-order valence-corrected chi connectivity index (χ3v) is 5.50. The van der Waals surface area contributed by atoms with E-state index in [1.807, 2.05) is 6.92 Å². The molecule has 1 heterocycles. The lowest BCUT2D eigenvalue weighted by Crippen LogP contribution is -2.46. The summed E-state index contributed by atoms with van der Waals surface area (Å²) < 4.78 is 25.7. The van der Waals surface area contributed by atoms with Crippen LogP contribution in [0.2, 0.25) is 0 Å². The number of carboxylic acid groups (broad SMARTS) is 1. The molecule has 0 aliphatic carbocycles. The first-order valence-electron chi connectivity index (χ1n) is 6.06. The van der Waals surface area contributed by atoms with E-state index >= 15 is 0 Å². The number of aliphatic carboxylic acids is 1. The number of hydrogen-bond acceptors (Lipinski definition) is 3. The van der Waals surface area contributed by atoms with Crippen molar-refractivity contribution in [3.63, 3.8) is 0 Å². The van der Waals surface area contributed by atoms with Crippen LogP contribution in [-0.2, 0) is 14.8 Å². The van der Waals surface area contributed by atoms with Crippen LogP contribution < -0.4 is 0 Å². The molecule has 1 rings (SSSR count). The highest BCUT2D eigenvalue weighted by Crippen LogP contribution is 2.25. The molecule has 0 amide bonds. The number of hydrogen-bond donors (Lipinski definition) is 1. The lowest BCUT2D eigenvalue weighted by atomic mass is 9.94. The Bertz CT molecular complexity index is 366. The number of piperidine rings is 1. The second kappa shape index (κ2) is 5.82. The maximum absolute atomic E-state index is 12.1. The molecule has 5 nitrogen and oxygen atoms in total. The van der Waals surface area contributed by atoms with Crippen molar-refractivity contribution >= 4 is 16.0 Å². The Morgan fingerprint density at radius 1 is 1.41 bits per heavy atom. The van der Waals surface area contributed by atoms with Gasteiger partial charge in [0, 0.05) is 19.0 Å². The number of nitrogens with zero attached hydrogens (tertiary/aromatic N) is 1. The van der Waals surface area contributed by atoms with Crippen LogP contribution >= 0.6 is 0 Å². The second-order valence-electron chi connectivity index (χ2n) is 4.78. The SMILES string of the molecule is CC1CCCN(S(=O)(=O)CCCC(=O)O)C1C. The Hall–Kier alpha value is -0.620. The zero-order valence-corrected chi connectivity index (χ0v) is 11.2. The number of rotatable bonds is 5. The molecule has 0 aromatic rings. The van der Waals surface area contributed by atoms with Crippen LogP contribution in [0, 0.1) is 5.92 Å². The minimum absolute atomic E-state index is 0.0265. The molecule has 0 radical (unpaired) electrons. The van der Waals surface area contributed by atoms with E-state index < -0.39 is 16.0 Å². The van der Waals surface area contributed by atoms with E-state index in [2.05, 4.69) is 6.92 Å². The standard InChI is InChI=1S/C11H21NO4S/c1-9-5-3-7-12(10(9)2)17(15,16)8-4-6-11(13)14/h9-10H,3-8H2,1-2H3,(H,13,14). The fourth-order valence-electron chi connectivity index (χ4n) is 2.21. The summed E-state index contributed by atoms with van der Waals surface area (Å²) in [5.41, 5.74) is 0. The Balaban J connectivity index is 2.59. The smallest absolute Gasteiger partial charge is 0.303 e. The highest BCUT2D eigenvalue weighted by molar-refractivity contribution is 7.89. The van der Waals surface area contributed by atoms with Crippen LogP contribution in [0.15, 0.2) is 0 Å². The monoisotopic (exact) mass is 263 g/mol. The number of carbonyl (C=O) groups is 1. The molecule has 0 saturated carbocycles. The number of carboxylic acids is 1. The molecule has 0 bridgehead atoms. The van der Waals surface area contributed by atoms with Crippen molar-refractivity contribution in [1.29, 1.82) is 0 Å². The van der Waals surface area contributed by atoms with Crippen LogP contribution in [0.25, 0.3) is 0 Å². The van der Waals surface area contributed by atoms with E-state index in [-0.39, 0.29) is 24.6 Å². The summed E-state index contributed by atoms with van der Waals surface area (Å²) in [7, 11) is -3.29. The Kier molecular flexibility index (Phi) is 4.94. The van der Waals surface area contributed by atoms with Gasteiger partial charge in [0.1, 0.15) is 0 Å². The average molecular weight is 263 g/mol. The highest BCUT2D eigenvalue weighted by atomic mass is 32.2. The van der Waals surface area contributed by atoms with Crippen LogP contribution in [0.3, 0.4) is 0 Å². The molecule has 1 saturated heterocycles. The maximum atomic E-state index is 12.1. The van der Waals surface area contributed by atoms with E-state index in [9.17, 15) is 13.2 Å². The minimum Gasteiger partial charge on any atom is -0.481 e. The van der Waals surface area contributed by atoms with Crippen molar-refractivity contribution in [1.82, 2.24) is 4.31 Å². The first-order valence-corrected chi connectivity index (χ1v) is 7.67. The third-order valence-electron chi connectivity index (χ3n) is 3.47. The molecule has 17 heavy (non-hydrogen) atoms. The summed E-state index contributed by atoms with van der Waals surface area (Å²) in [6.07, 6.45) is 2.05. The van der Waals surface area contributed by atoms with Crippen LogP contribution in [-0.4, -0.2) is 42.1 Å². The predicted molar refractivity (Wildman–Crippen MR) is 65.2 cm³/mol. The van der Waals surface area contributed by atoms with Gasteiger partial charge in [-0.05, 0) is 32.1 Å². The van der Waals surface area contributed by atoms with E-state index in [0.29, 0.717) is 12.5 Å². The van der Waals surface area contributed by atoms with Gasteiger partial charge in [-0.1, -0.05) is 6.92 Å². The lowest BCUT2D eigenvalue weighted by molar-refractivity contribution is -0.137. The van der Waals surface area contributed by atoms with Gasteiger partial charge >= 0.3 is 5.97 Å². The van der Waals surface area contributed by atoms with Gasteiger partial charge in [-0.2, -0.15) is 4.31 Å². The topological polar surface area (TPSA) is 74.7 Å². The summed E-state index contributed by atoms with van der Waals surface area (Å²) in [6, 6.07) is 0.0265. The molecular formula is C11H21NO4S. The van der Waals surface area contributed by atoms with E-state index in [0.717, 1.165) is 12.8 Å². The zero-order chi connectivity index (χ0) is 13.1. The first-order chi connectivity index (χ1) is 7.84. The molecular weight excluding hydrogens is 242 g/mol. The molecule has 1 aliphatic heterocycles. The first kappa shape index (κ1) is 14.4. The number of sulfonamides is 1. The fourth-order valence-corrected chi connectivity index (χ4v) is 4.08. The van der Waals surface area contributed by atoms with Crippen molar-refractivity contribution in [2.45, 2.75) is 45.6 Å². The molecule has 0 spiro atoms. The molecule has 1 fully saturated rings. The van der Waals surface area contributed by atoms with Gasteiger partial charge in [-0.3, -0.25) is 4.79 Å². The van der Waals surface area contributed by atoms with Crippen LogP contribution in [0.5, 0.6) is 0 Å². The van der Waals surface area contributed by atoms with Crippen molar-refractivity contribution in [3.8, 4) is 0 Å². The van der Waals surface area contributed by atoms with Gasteiger partial charge in [0.2, 0.25) is 10.0 Å². The second-order valence-corrected chi connectivity index (χ2v) is 6.83. The van der Waals surface area contributed by atoms with Gasteiger partial charge in [-0.25, -0.2) is 8.42 Å². The fraction of sp³-hybridized carbons (Fsp3) is 0.909. The molecule has 0 aromatic heterocycles. The maximum Gasteiger partial charge on any atom is 0.303 e. The van der Waals surface area contributed by atoms with Crippen LogP contribution in [0.4, 0.5) is 0 Å². The van der Waals surface area contributed by atoms with Crippen LogP contribution in [0.1, 0.15) is 39.5 Å². The minimum atomic E-state index is -3.29. The molecule has 0 aromatic carbocycles. The van der Waals surface area contributed by atoms with Crippen molar-refractivity contribution in [2.24, 2.45) is 5.92 Å². The normalized spacial score (nSPS) is 26.9. The zero-order valence-electron chi connectivity index (χ0n) is 10.4. The molecule has 2 unspecified atom stereocenters. The Labute approximate surface area is 103 Å². The largest absolute Gasteiger partial charge is 0.481 e. The van der Waals surface area contributed by atoms with Crippen molar-refractivity contribution in [2.75, 3.05) is 12.3 Å². The summed E-state index contributed by atoms with van der Waals surface area (Å²) in [6.45, 7) is 4.56. The van der Waals surface area contributed by atoms with Gasteiger partial charge in [0.25, 0.3) is 0 Å². The summed E-state index contributed by atoms with van der Waals surface area (Å²) in [5.74, 6) is -0.630. The summed E-state index contributed by atoms with van der Waals surface area (Å²) in [5, 5.41) is 8.51. The average Bonchev–Trinajstić information content (AvgIpc) is 2.21. The summed E-state index contributed by atoms with van der Waals surface area (Å²) >= 11 is 0. The van der Waals surface area contributed by atoms with Crippen molar-refractivity contribution in [3.05, 3.63) is 0 Å². The lowest BCUT2D eigenvalue weighted by Gasteiger charge is -2.36. The molecule has 1 aliphatic rings. The molecule has 2 atom stereocenters. The Morgan fingerprint density at radius 2 is 2.06 bits per heavy atom. The van der Waals surface area contributed by atoms with E-state index in [4.69, 9.17) is 5.11 Å². The quantitative estimate of drug-likeness (QED) is 0.811. The third kappa shape index (κ3) is 3.96. The highest BCUT2D eigenvalue weighted by Gasteiger charge is 2.32. The summed E-state index contributed by atoms with van der Waals surface area (Å²) in [4.78, 5) is 10.4. The molecule has 100 valence electrons. The Morgan fingerprint density at radius 3 is 2.65 bits per heavy atom. The molecule has 1 N–H and O–H groups in total. The molecule has 6 heteroatoms. The van der Waals surface area contributed by atoms with Gasteiger partial charge in [-0.15, -0.1) is 0 Å². The van der Waals surface area contributed by atoms with Crippen molar-refractivity contribution < 1.29 is 18.3 Å². The van der Waals surface area contributed by atoms with Gasteiger partial charge < -0.3 is 5.11 Å². The van der Waals surface area contributed by atoms with Gasteiger partial charge in [0.15, 0.2) is 0 Å².